The highest BCUT2D eigenvalue weighted by Gasteiger charge is 2.30. The van der Waals surface area contributed by atoms with Gasteiger partial charge in [0.1, 0.15) is 6.33 Å². The van der Waals surface area contributed by atoms with Gasteiger partial charge in [-0.15, -0.1) is 0 Å². The molecular formula is C28H30ClN5O2S. The van der Waals surface area contributed by atoms with Gasteiger partial charge in [-0.1, -0.05) is 50.4 Å². The highest BCUT2D eigenvalue weighted by Crippen LogP contribution is 2.36. The molecular weight excluding hydrogens is 506 g/mol. The number of anilines is 1. The first kappa shape index (κ1) is 25.7. The molecule has 2 aliphatic rings. The Bertz CT molecular complexity index is 1380. The monoisotopic (exact) mass is 535 g/mol. The molecule has 2 aromatic carbocycles. The van der Waals surface area contributed by atoms with Crippen LogP contribution < -0.4 is 15.5 Å². The zero-order valence-electron chi connectivity index (χ0n) is 21.0. The van der Waals surface area contributed by atoms with Crippen LogP contribution in [0.4, 0.5) is 10.5 Å². The van der Waals surface area contributed by atoms with Crippen LogP contribution in [0.1, 0.15) is 38.7 Å². The molecule has 3 heterocycles. The SMILES string of the molecule is CCCC(CC)C1CNCCN1c1ccc(-c2ncnc3ccc(/C=C4\SC(=O)NC4=O)cc23)cc1Cl. The van der Waals surface area contributed by atoms with Crippen LogP contribution in [0.3, 0.4) is 0 Å². The number of benzene rings is 2. The number of halogens is 1. The summed E-state index contributed by atoms with van der Waals surface area (Å²) < 4.78 is 0. The van der Waals surface area contributed by atoms with Gasteiger partial charge in [-0.05, 0) is 60.0 Å². The molecule has 0 aliphatic carbocycles. The minimum atomic E-state index is -0.377. The summed E-state index contributed by atoms with van der Waals surface area (Å²) in [5, 5.41) is 7.06. The average molecular weight is 536 g/mol. The molecule has 2 atom stereocenters. The van der Waals surface area contributed by atoms with Gasteiger partial charge < -0.3 is 10.2 Å². The third kappa shape index (κ3) is 5.37. The summed E-state index contributed by atoms with van der Waals surface area (Å²) in [5.74, 6) is 0.236. The second-order valence-electron chi connectivity index (χ2n) is 9.44. The van der Waals surface area contributed by atoms with E-state index < -0.39 is 0 Å². The van der Waals surface area contributed by atoms with E-state index in [0.717, 1.165) is 71.2 Å². The Morgan fingerprint density at radius 1 is 1.19 bits per heavy atom. The van der Waals surface area contributed by atoms with Crippen molar-refractivity contribution < 1.29 is 9.59 Å². The van der Waals surface area contributed by atoms with Crippen molar-refractivity contribution in [3.8, 4) is 11.3 Å². The number of piperazine rings is 1. The van der Waals surface area contributed by atoms with E-state index in [4.69, 9.17) is 11.6 Å². The molecule has 37 heavy (non-hydrogen) atoms. The Hall–Kier alpha value is -2.94. The molecule has 2 unspecified atom stereocenters. The Kier molecular flexibility index (Phi) is 7.79. The van der Waals surface area contributed by atoms with E-state index in [-0.39, 0.29) is 11.1 Å². The maximum Gasteiger partial charge on any atom is 0.290 e. The van der Waals surface area contributed by atoms with Crippen molar-refractivity contribution in [2.45, 2.75) is 39.2 Å². The minimum Gasteiger partial charge on any atom is -0.365 e. The van der Waals surface area contributed by atoms with Crippen molar-refractivity contribution >= 4 is 57.2 Å². The van der Waals surface area contributed by atoms with Crippen LogP contribution in [0.25, 0.3) is 28.2 Å². The van der Waals surface area contributed by atoms with Crippen LogP contribution in [0.15, 0.2) is 47.6 Å². The molecule has 0 bridgehead atoms. The maximum atomic E-state index is 12.0. The molecule has 0 radical (unpaired) electrons. The fourth-order valence-corrected chi connectivity index (χ4v) is 6.31. The number of aromatic nitrogens is 2. The predicted molar refractivity (Wildman–Crippen MR) is 152 cm³/mol. The summed E-state index contributed by atoms with van der Waals surface area (Å²) in [7, 11) is 0. The van der Waals surface area contributed by atoms with E-state index in [1.807, 2.05) is 24.3 Å². The second-order valence-corrected chi connectivity index (χ2v) is 10.9. The van der Waals surface area contributed by atoms with Crippen LogP contribution in [0.2, 0.25) is 5.02 Å². The predicted octanol–water partition coefficient (Wildman–Crippen LogP) is 5.88. The summed E-state index contributed by atoms with van der Waals surface area (Å²) in [6, 6.07) is 12.3. The van der Waals surface area contributed by atoms with Crippen molar-refractivity contribution in [3.05, 3.63) is 58.2 Å². The lowest BCUT2D eigenvalue weighted by atomic mass is 9.89. The largest absolute Gasteiger partial charge is 0.365 e. The summed E-state index contributed by atoms with van der Waals surface area (Å²) in [5.41, 5.74) is 4.32. The fraction of sp³-hybridized carbons (Fsp3) is 0.357. The van der Waals surface area contributed by atoms with Gasteiger partial charge >= 0.3 is 0 Å². The molecule has 3 aromatic rings. The van der Waals surface area contributed by atoms with E-state index in [0.29, 0.717) is 21.9 Å². The number of rotatable bonds is 7. The van der Waals surface area contributed by atoms with Crippen LogP contribution in [0, 0.1) is 5.92 Å². The van der Waals surface area contributed by atoms with Crippen LogP contribution in [0.5, 0.6) is 0 Å². The number of carbonyl (C=O) groups excluding carboxylic acids is 2. The van der Waals surface area contributed by atoms with Crippen LogP contribution in [-0.4, -0.2) is 46.8 Å². The Labute approximate surface area is 226 Å². The number of hydrogen-bond donors (Lipinski definition) is 2. The lowest BCUT2D eigenvalue weighted by Crippen LogP contribution is -2.54. The number of hydrogen-bond acceptors (Lipinski definition) is 7. The van der Waals surface area contributed by atoms with Gasteiger partial charge in [-0.3, -0.25) is 14.9 Å². The van der Waals surface area contributed by atoms with Gasteiger partial charge in [0.15, 0.2) is 0 Å². The molecule has 192 valence electrons. The zero-order valence-corrected chi connectivity index (χ0v) is 22.5. The van der Waals surface area contributed by atoms with Crippen molar-refractivity contribution in [2.24, 2.45) is 5.92 Å². The van der Waals surface area contributed by atoms with Crippen molar-refractivity contribution in [3.63, 3.8) is 0 Å². The number of amides is 2. The first-order chi connectivity index (χ1) is 18.0. The number of fused-ring (bicyclic) bond motifs is 1. The fourth-order valence-electron chi connectivity index (χ4n) is 5.34. The molecule has 2 N–H and O–H groups in total. The highest BCUT2D eigenvalue weighted by atomic mass is 35.5. The molecule has 0 spiro atoms. The van der Waals surface area contributed by atoms with Gasteiger partial charge in [-0.25, -0.2) is 9.97 Å². The Morgan fingerprint density at radius 3 is 2.78 bits per heavy atom. The average Bonchev–Trinajstić information content (AvgIpc) is 3.23. The number of nitrogens with one attached hydrogen (secondary N) is 2. The van der Waals surface area contributed by atoms with E-state index >= 15 is 0 Å². The lowest BCUT2D eigenvalue weighted by Gasteiger charge is -2.42. The smallest absolute Gasteiger partial charge is 0.290 e. The first-order valence-electron chi connectivity index (χ1n) is 12.7. The Morgan fingerprint density at radius 2 is 2.05 bits per heavy atom. The molecule has 2 fully saturated rings. The second kappa shape index (κ2) is 11.2. The Balaban J connectivity index is 1.50. The standard InChI is InChI=1S/C28H30ClN5O2S/c1-3-5-18(4-2)24-15-30-10-11-34(24)23-9-7-19(14-21(23)29)26-20-12-17(6-8-22(20)31-16-32-26)13-25-27(35)33-28(36)37-25/h6-9,12-14,16,18,24,30H,3-5,10-11,15H2,1-2H3,(H,33,35,36)/b25-13-. The van der Waals surface area contributed by atoms with Crippen LogP contribution in [-0.2, 0) is 4.79 Å². The van der Waals surface area contributed by atoms with E-state index in [1.165, 1.54) is 12.8 Å². The summed E-state index contributed by atoms with van der Waals surface area (Å²) in [6.07, 6.45) is 6.79. The number of carbonyl (C=O) groups is 2. The normalized spacial score (nSPS) is 20.0. The molecule has 7 nitrogen and oxygen atoms in total. The summed E-state index contributed by atoms with van der Waals surface area (Å²) in [6.45, 7) is 7.35. The van der Waals surface area contributed by atoms with Crippen LogP contribution >= 0.6 is 23.4 Å². The quantitative estimate of drug-likeness (QED) is 0.365. The molecule has 5 rings (SSSR count). The van der Waals surface area contributed by atoms with E-state index in [2.05, 4.69) is 51.5 Å². The molecule has 2 amide bonds. The number of nitrogens with zero attached hydrogens (tertiary/aromatic N) is 3. The molecule has 0 saturated carbocycles. The van der Waals surface area contributed by atoms with Gasteiger partial charge in [0.2, 0.25) is 0 Å². The number of thioether (sulfide) groups is 1. The van der Waals surface area contributed by atoms with E-state index in [1.54, 1.807) is 12.4 Å². The minimum absolute atomic E-state index is 0.359. The van der Waals surface area contributed by atoms with Crippen molar-refractivity contribution in [1.29, 1.82) is 0 Å². The third-order valence-corrected chi connectivity index (χ3v) is 8.25. The van der Waals surface area contributed by atoms with Gasteiger partial charge in [0.05, 0.1) is 26.8 Å². The zero-order chi connectivity index (χ0) is 25.9. The summed E-state index contributed by atoms with van der Waals surface area (Å²) in [4.78, 5) is 35.4. The van der Waals surface area contributed by atoms with Gasteiger partial charge in [0, 0.05) is 36.6 Å². The molecule has 1 aromatic heterocycles. The molecule has 2 saturated heterocycles. The molecule has 2 aliphatic heterocycles. The summed E-state index contributed by atoms with van der Waals surface area (Å²) >= 11 is 7.84. The third-order valence-electron chi connectivity index (χ3n) is 7.14. The lowest BCUT2D eigenvalue weighted by molar-refractivity contribution is -0.115. The topological polar surface area (TPSA) is 87.2 Å². The van der Waals surface area contributed by atoms with E-state index in [9.17, 15) is 9.59 Å². The van der Waals surface area contributed by atoms with Gasteiger partial charge in [0.25, 0.3) is 11.1 Å². The number of imide groups is 1. The maximum absolute atomic E-state index is 12.0. The van der Waals surface area contributed by atoms with Crippen molar-refractivity contribution in [1.82, 2.24) is 20.6 Å². The van der Waals surface area contributed by atoms with Crippen molar-refractivity contribution in [2.75, 3.05) is 24.5 Å². The highest BCUT2D eigenvalue weighted by molar-refractivity contribution is 8.18. The molecule has 9 heteroatoms. The van der Waals surface area contributed by atoms with Gasteiger partial charge in [-0.2, -0.15) is 0 Å². The first-order valence-corrected chi connectivity index (χ1v) is 13.9.